The molecule has 0 unspecified atom stereocenters. The van der Waals surface area contributed by atoms with E-state index in [-0.39, 0.29) is 5.91 Å². The number of guanidine groups is 1. The Morgan fingerprint density at radius 1 is 1.31 bits per heavy atom. The molecule has 0 saturated heterocycles. The molecule has 1 amide bonds. The molecule has 1 fully saturated rings. The minimum absolute atomic E-state index is 0.0568. The molecule has 1 saturated carbocycles. The van der Waals surface area contributed by atoms with E-state index in [4.69, 9.17) is 4.74 Å². The van der Waals surface area contributed by atoms with Crippen LogP contribution in [0, 0.1) is 5.92 Å². The number of aliphatic imine (C=N–C) groups is 1. The number of amides is 1. The van der Waals surface area contributed by atoms with E-state index < -0.39 is 0 Å². The number of carbonyl (C=O) groups is 1. The predicted octanol–water partition coefficient (Wildman–Crippen LogP) is 1.96. The van der Waals surface area contributed by atoms with Gasteiger partial charge in [-0.1, -0.05) is 12.1 Å². The maximum absolute atomic E-state index is 11.7. The Hall–Kier alpha value is -2.08. The molecule has 2 rings (SSSR count). The molecule has 3 N–H and O–H groups in total. The SMILES string of the molecule is CCNC(=NCCCOCC1CC1)NCCc1cccc(C(=O)NC)c1. The number of nitrogens with zero attached hydrogens (tertiary/aromatic N) is 1. The van der Waals surface area contributed by atoms with Gasteiger partial charge in [0.1, 0.15) is 0 Å². The smallest absolute Gasteiger partial charge is 0.251 e. The number of hydrogen-bond donors (Lipinski definition) is 3. The first-order valence-electron chi connectivity index (χ1n) is 9.64. The molecule has 26 heavy (non-hydrogen) atoms. The summed E-state index contributed by atoms with van der Waals surface area (Å²) in [5.41, 5.74) is 1.82. The predicted molar refractivity (Wildman–Crippen MR) is 106 cm³/mol. The van der Waals surface area contributed by atoms with E-state index >= 15 is 0 Å². The molecule has 6 nitrogen and oxygen atoms in total. The number of nitrogens with one attached hydrogen (secondary N) is 3. The highest BCUT2D eigenvalue weighted by Crippen LogP contribution is 2.28. The topological polar surface area (TPSA) is 74.8 Å². The second kappa shape index (κ2) is 11.5. The summed E-state index contributed by atoms with van der Waals surface area (Å²) in [6, 6.07) is 7.71. The van der Waals surface area contributed by atoms with Crippen molar-refractivity contribution in [1.82, 2.24) is 16.0 Å². The maximum atomic E-state index is 11.7. The summed E-state index contributed by atoms with van der Waals surface area (Å²) < 4.78 is 5.64. The summed E-state index contributed by atoms with van der Waals surface area (Å²) in [6.07, 6.45) is 4.44. The second-order valence-corrected chi connectivity index (χ2v) is 6.59. The van der Waals surface area contributed by atoms with Gasteiger partial charge >= 0.3 is 0 Å². The summed E-state index contributed by atoms with van der Waals surface area (Å²) in [6.45, 7) is 6.11. The lowest BCUT2D eigenvalue weighted by Gasteiger charge is -2.12. The van der Waals surface area contributed by atoms with Crippen LogP contribution in [0.4, 0.5) is 0 Å². The zero-order valence-electron chi connectivity index (χ0n) is 16.0. The normalized spacial score (nSPS) is 14.2. The summed E-state index contributed by atoms with van der Waals surface area (Å²) in [5.74, 6) is 1.59. The van der Waals surface area contributed by atoms with Gasteiger partial charge in [-0.15, -0.1) is 0 Å². The van der Waals surface area contributed by atoms with E-state index in [0.29, 0.717) is 5.56 Å². The van der Waals surface area contributed by atoms with Crippen LogP contribution in [0.15, 0.2) is 29.3 Å². The van der Waals surface area contributed by atoms with Gasteiger partial charge < -0.3 is 20.7 Å². The lowest BCUT2D eigenvalue weighted by Crippen LogP contribution is -2.38. The molecule has 6 heteroatoms. The monoisotopic (exact) mass is 360 g/mol. The Morgan fingerprint density at radius 2 is 2.15 bits per heavy atom. The fourth-order valence-corrected chi connectivity index (χ4v) is 2.57. The molecule has 1 aromatic rings. The average Bonchev–Trinajstić information content (AvgIpc) is 3.48. The third-order valence-electron chi connectivity index (χ3n) is 4.23. The first kappa shape index (κ1) is 20.2. The summed E-state index contributed by atoms with van der Waals surface area (Å²) in [5, 5.41) is 9.26. The van der Waals surface area contributed by atoms with Crippen LogP contribution in [0.5, 0.6) is 0 Å². The van der Waals surface area contributed by atoms with Crippen molar-refractivity contribution < 1.29 is 9.53 Å². The van der Waals surface area contributed by atoms with Crippen LogP contribution in [0.3, 0.4) is 0 Å². The highest BCUT2D eigenvalue weighted by molar-refractivity contribution is 5.94. The highest BCUT2D eigenvalue weighted by Gasteiger charge is 2.20. The number of ether oxygens (including phenoxy) is 1. The van der Waals surface area contributed by atoms with Gasteiger partial charge in [0.2, 0.25) is 0 Å². The molecule has 0 spiro atoms. The Kier molecular flexibility index (Phi) is 8.96. The zero-order valence-corrected chi connectivity index (χ0v) is 16.0. The summed E-state index contributed by atoms with van der Waals surface area (Å²) in [4.78, 5) is 16.3. The molecule has 144 valence electrons. The van der Waals surface area contributed by atoms with Gasteiger partial charge in [0.25, 0.3) is 5.91 Å². The first-order chi connectivity index (χ1) is 12.7. The van der Waals surface area contributed by atoms with E-state index in [1.807, 2.05) is 24.3 Å². The first-order valence-corrected chi connectivity index (χ1v) is 9.64. The molecule has 0 aliphatic heterocycles. The lowest BCUT2D eigenvalue weighted by molar-refractivity contribution is 0.0963. The van der Waals surface area contributed by atoms with Gasteiger partial charge in [-0.25, -0.2) is 0 Å². The Labute approximate surface area is 156 Å². The third kappa shape index (κ3) is 7.87. The molecule has 1 aliphatic rings. The van der Waals surface area contributed by atoms with Crippen LogP contribution in [-0.4, -0.2) is 51.8 Å². The fraction of sp³-hybridized carbons (Fsp3) is 0.600. The van der Waals surface area contributed by atoms with Crippen LogP contribution < -0.4 is 16.0 Å². The van der Waals surface area contributed by atoms with Crippen molar-refractivity contribution in [2.24, 2.45) is 10.9 Å². The van der Waals surface area contributed by atoms with Crippen molar-refractivity contribution in [3.63, 3.8) is 0 Å². The van der Waals surface area contributed by atoms with Gasteiger partial charge in [0, 0.05) is 45.5 Å². The van der Waals surface area contributed by atoms with Gasteiger partial charge in [0.15, 0.2) is 5.96 Å². The van der Waals surface area contributed by atoms with Crippen LogP contribution >= 0.6 is 0 Å². The van der Waals surface area contributed by atoms with Gasteiger partial charge in [-0.3, -0.25) is 9.79 Å². The van der Waals surface area contributed by atoms with Crippen molar-refractivity contribution in [3.8, 4) is 0 Å². The number of hydrogen-bond acceptors (Lipinski definition) is 3. The third-order valence-corrected chi connectivity index (χ3v) is 4.23. The minimum Gasteiger partial charge on any atom is -0.381 e. The van der Waals surface area contributed by atoms with E-state index in [1.165, 1.54) is 12.8 Å². The van der Waals surface area contributed by atoms with E-state index in [0.717, 1.165) is 63.1 Å². The maximum Gasteiger partial charge on any atom is 0.251 e. The van der Waals surface area contributed by atoms with Crippen molar-refractivity contribution in [2.45, 2.75) is 32.6 Å². The van der Waals surface area contributed by atoms with Crippen LogP contribution in [0.1, 0.15) is 42.1 Å². The summed E-state index contributed by atoms with van der Waals surface area (Å²) in [7, 11) is 1.65. The van der Waals surface area contributed by atoms with E-state index in [9.17, 15) is 4.79 Å². The van der Waals surface area contributed by atoms with Crippen molar-refractivity contribution in [2.75, 3.05) is 39.9 Å². The zero-order chi connectivity index (χ0) is 18.6. The highest BCUT2D eigenvalue weighted by atomic mass is 16.5. The number of rotatable bonds is 11. The van der Waals surface area contributed by atoms with Gasteiger partial charge in [-0.05, 0) is 56.2 Å². The van der Waals surface area contributed by atoms with Crippen LogP contribution in [0.25, 0.3) is 0 Å². The van der Waals surface area contributed by atoms with Crippen LogP contribution in [-0.2, 0) is 11.2 Å². The largest absolute Gasteiger partial charge is 0.381 e. The number of carbonyl (C=O) groups excluding carboxylic acids is 1. The molecule has 0 heterocycles. The lowest BCUT2D eigenvalue weighted by atomic mass is 10.1. The average molecular weight is 361 g/mol. The quantitative estimate of drug-likeness (QED) is 0.320. The van der Waals surface area contributed by atoms with Gasteiger partial charge in [0.05, 0.1) is 0 Å². The summed E-state index contributed by atoms with van der Waals surface area (Å²) >= 11 is 0. The standard InChI is InChI=1S/C20H32N4O2/c1-3-22-20(23-11-5-13-26-15-17-8-9-17)24-12-10-16-6-4-7-18(14-16)19(25)21-2/h4,6-7,14,17H,3,5,8-13,15H2,1-2H3,(H,21,25)(H2,22,23,24). The number of benzene rings is 1. The fourth-order valence-electron chi connectivity index (χ4n) is 2.57. The molecular formula is C20H32N4O2. The minimum atomic E-state index is -0.0568. The van der Waals surface area contributed by atoms with Crippen molar-refractivity contribution in [1.29, 1.82) is 0 Å². The van der Waals surface area contributed by atoms with Crippen LogP contribution in [0.2, 0.25) is 0 Å². The Bertz CT molecular complexity index is 585. The van der Waals surface area contributed by atoms with Gasteiger partial charge in [-0.2, -0.15) is 0 Å². The molecule has 0 radical (unpaired) electrons. The Balaban J connectivity index is 1.69. The molecule has 0 bridgehead atoms. The molecule has 0 aromatic heterocycles. The van der Waals surface area contributed by atoms with Crippen molar-refractivity contribution >= 4 is 11.9 Å². The second-order valence-electron chi connectivity index (χ2n) is 6.59. The molecule has 1 aliphatic carbocycles. The molecule has 0 atom stereocenters. The van der Waals surface area contributed by atoms with E-state index in [1.54, 1.807) is 7.05 Å². The van der Waals surface area contributed by atoms with Crippen molar-refractivity contribution in [3.05, 3.63) is 35.4 Å². The Morgan fingerprint density at radius 3 is 2.88 bits per heavy atom. The molecular weight excluding hydrogens is 328 g/mol. The molecule has 1 aromatic carbocycles. The van der Waals surface area contributed by atoms with E-state index in [2.05, 4.69) is 27.9 Å².